The number of halogens is 2. The van der Waals surface area contributed by atoms with Gasteiger partial charge in [0.25, 0.3) is 5.91 Å². The monoisotopic (exact) mass is 625 g/mol. The molecule has 0 radical (unpaired) electrons. The van der Waals surface area contributed by atoms with Crippen molar-refractivity contribution in [2.24, 2.45) is 7.05 Å². The van der Waals surface area contributed by atoms with Crippen molar-refractivity contribution in [2.75, 3.05) is 18.9 Å². The number of likely N-dealkylation sites (tertiary alicyclic amines) is 1. The summed E-state index contributed by atoms with van der Waals surface area (Å²) in [6, 6.07) is 5.61. The van der Waals surface area contributed by atoms with Gasteiger partial charge < -0.3 is 15.0 Å². The van der Waals surface area contributed by atoms with E-state index in [0.717, 1.165) is 31.9 Å². The first kappa shape index (κ1) is 29.4. The molecular formula is C28H29F2N9O4S. The van der Waals surface area contributed by atoms with E-state index in [1.807, 2.05) is 0 Å². The van der Waals surface area contributed by atoms with Crippen molar-refractivity contribution in [3.05, 3.63) is 67.0 Å². The van der Waals surface area contributed by atoms with Crippen LogP contribution in [0, 0.1) is 0 Å². The minimum atomic E-state index is -4.11. The van der Waals surface area contributed by atoms with Gasteiger partial charge >= 0.3 is 6.61 Å². The highest BCUT2D eigenvalue weighted by Crippen LogP contribution is 2.38. The Labute approximate surface area is 251 Å². The van der Waals surface area contributed by atoms with Crippen LogP contribution < -0.4 is 10.1 Å². The molecule has 0 unspecified atom stereocenters. The number of sulfone groups is 1. The zero-order valence-corrected chi connectivity index (χ0v) is 24.7. The fourth-order valence-corrected chi connectivity index (χ4v) is 6.62. The van der Waals surface area contributed by atoms with Gasteiger partial charge in [0.15, 0.2) is 5.65 Å². The van der Waals surface area contributed by atoms with Crippen LogP contribution in [0.1, 0.15) is 29.6 Å². The van der Waals surface area contributed by atoms with Crippen LogP contribution >= 0.6 is 0 Å². The van der Waals surface area contributed by atoms with E-state index < -0.39 is 22.4 Å². The van der Waals surface area contributed by atoms with Crippen LogP contribution in [-0.4, -0.2) is 79.6 Å². The van der Waals surface area contributed by atoms with Gasteiger partial charge in [-0.25, -0.2) is 17.9 Å². The first-order valence-corrected chi connectivity index (χ1v) is 15.3. The lowest BCUT2D eigenvalue weighted by molar-refractivity contribution is -0.0494. The Hall–Kier alpha value is -4.70. The quantitative estimate of drug-likeness (QED) is 0.247. The van der Waals surface area contributed by atoms with Gasteiger partial charge in [0.1, 0.15) is 21.9 Å². The Kier molecular flexibility index (Phi) is 7.85. The van der Waals surface area contributed by atoms with Crippen molar-refractivity contribution < 1.29 is 26.7 Å². The van der Waals surface area contributed by atoms with E-state index in [1.165, 1.54) is 52.3 Å². The average molecular weight is 626 g/mol. The number of alkyl halides is 2. The molecule has 0 saturated carbocycles. The van der Waals surface area contributed by atoms with Crippen LogP contribution in [0.4, 0.5) is 14.5 Å². The second-order valence-electron chi connectivity index (χ2n) is 10.5. The lowest BCUT2D eigenvalue weighted by Crippen LogP contribution is -2.26. The molecule has 0 spiro atoms. The number of carbonyl (C=O) groups is 1. The second-order valence-corrected chi connectivity index (χ2v) is 12.5. The van der Waals surface area contributed by atoms with Crippen LogP contribution in [0.25, 0.3) is 16.9 Å². The summed E-state index contributed by atoms with van der Waals surface area (Å²) in [6.45, 7) is -1.60. The Balaban J connectivity index is 1.32. The number of hydrogen-bond acceptors (Lipinski definition) is 9. The standard InChI is InChI=1S/C28H29F2N9O4S/c1-36-10-3-5-18(36)8-12-38-16-20(14-32-38)44(41,42)19-6-7-24(43-28(29)30)21(13-19)25-23(17-37(2)35-25)34-27(40)22-15-33-39-11-4-9-31-26(22)39/h4,6-7,9,11,13-18,28H,3,5,8,10,12H2,1-2H3,(H,34,40)/t18-/m1/s1. The molecule has 1 amide bonds. The molecular weight excluding hydrogens is 596 g/mol. The average Bonchev–Trinajstić information content (AvgIpc) is 3.79. The highest BCUT2D eigenvalue weighted by molar-refractivity contribution is 7.91. The summed E-state index contributed by atoms with van der Waals surface area (Å²) >= 11 is 0. The number of ether oxygens (including phenoxy) is 1. The van der Waals surface area contributed by atoms with Crippen molar-refractivity contribution >= 4 is 27.1 Å². The van der Waals surface area contributed by atoms with Crippen molar-refractivity contribution in [1.29, 1.82) is 0 Å². The Morgan fingerprint density at radius 3 is 2.77 bits per heavy atom. The third-order valence-corrected chi connectivity index (χ3v) is 9.32. The Morgan fingerprint density at radius 1 is 1.16 bits per heavy atom. The first-order valence-electron chi connectivity index (χ1n) is 13.8. The van der Waals surface area contributed by atoms with Crippen LogP contribution in [0.15, 0.2) is 71.2 Å². The van der Waals surface area contributed by atoms with E-state index in [9.17, 15) is 22.0 Å². The fourth-order valence-electron chi connectivity index (χ4n) is 5.38. The number of anilines is 1. The van der Waals surface area contributed by atoms with Crippen LogP contribution in [-0.2, 0) is 23.4 Å². The maximum absolute atomic E-state index is 13.7. The lowest BCUT2D eigenvalue weighted by atomic mass is 10.1. The van der Waals surface area contributed by atoms with Gasteiger partial charge in [-0.1, -0.05) is 0 Å². The summed E-state index contributed by atoms with van der Waals surface area (Å²) in [5, 5.41) is 15.4. The van der Waals surface area contributed by atoms with E-state index in [0.29, 0.717) is 18.2 Å². The molecule has 1 fully saturated rings. The van der Waals surface area contributed by atoms with E-state index >= 15 is 0 Å². The lowest BCUT2D eigenvalue weighted by Gasteiger charge is -2.18. The topological polar surface area (TPSA) is 142 Å². The molecule has 1 aliphatic rings. The smallest absolute Gasteiger partial charge is 0.387 e. The SMILES string of the molecule is CN1CCC[C@@H]1CCn1cc(S(=O)(=O)c2ccc(OC(F)F)c(-c3nn(C)cc3NC(=O)c3cnn4cccnc34)c2)cn1. The minimum absolute atomic E-state index is 0.0226. The fraction of sp³-hybridized carbons (Fsp3) is 0.321. The predicted octanol–water partition coefficient (Wildman–Crippen LogP) is 3.50. The van der Waals surface area contributed by atoms with E-state index in [4.69, 9.17) is 4.74 Å². The number of fused-ring (bicyclic) bond motifs is 1. The third-order valence-electron chi connectivity index (χ3n) is 7.62. The molecule has 16 heteroatoms. The number of nitrogens with one attached hydrogen (secondary N) is 1. The summed E-state index contributed by atoms with van der Waals surface area (Å²) in [5.41, 5.74) is 0.566. The molecule has 0 bridgehead atoms. The highest BCUT2D eigenvalue weighted by Gasteiger charge is 2.26. The van der Waals surface area contributed by atoms with Gasteiger partial charge in [-0.05, 0) is 57.1 Å². The number of aryl methyl sites for hydroxylation is 2. The number of aromatic nitrogens is 7. The zero-order chi connectivity index (χ0) is 31.0. The van der Waals surface area contributed by atoms with Crippen LogP contribution in [0.5, 0.6) is 5.75 Å². The van der Waals surface area contributed by atoms with Gasteiger partial charge in [0.2, 0.25) is 9.84 Å². The maximum Gasteiger partial charge on any atom is 0.387 e. The molecule has 5 heterocycles. The summed E-state index contributed by atoms with van der Waals surface area (Å²) in [7, 11) is -0.463. The molecule has 6 rings (SSSR count). The first-order chi connectivity index (χ1) is 21.1. The molecule has 230 valence electrons. The highest BCUT2D eigenvalue weighted by atomic mass is 32.2. The molecule has 1 N–H and O–H groups in total. The predicted molar refractivity (Wildman–Crippen MR) is 154 cm³/mol. The number of benzene rings is 1. The Bertz CT molecular complexity index is 1940. The largest absolute Gasteiger partial charge is 0.434 e. The molecule has 1 atom stereocenters. The van der Waals surface area contributed by atoms with Gasteiger partial charge in [-0.2, -0.15) is 24.1 Å². The number of rotatable bonds is 10. The summed E-state index contributed by atoms with van der Waals surface area (Å²) in [4.78, 5) is 19.5. The molecule has 44 heavy (non-hydrogen) atoms. The minimum Gasteiger partial charge on any atom is -0.434 e. The van der Waals surface area contributed by atoms with Crippen LogP contribution in [0.2, 0.25) is 0 Å². The van der Waals surface area contributed by atoms with E-state index in [-0.39, 0.29) is 38.0 Å². The van der Waals surface area contributed by atoms with Crippen molar-refractivity contribution in [1.82, 2.24) is 39.1 Å². The molecule has 13 nitrogen and oxygen atoms in total. The molecule has 1 saturated heterocycles. The molecule has 1 aliphatic heterocycles. The van der Waals surface area contributed by atoms with Crippen molar-refractivity contribution in [2.45, 2.75) is 48.3 Å². The molecule has 0 aliphatic carbocycles. The molecule has 1 aromatic carbocycles. The third kappa shape index (κ3) is 5.77. The van der Waals surface area contributed by atoms with Gasteiger partial charge in [0.05, 0.1) is 23.0 Å². The summed E-state index contributed by atoms with van der Waals surface area (Å²) < 4.78 is 63.3. The molecule has 5 aromatic rings. The van der Waals surface area contributed by atoms with Crippen LogP contribution in [0.3, 0.4) is 0 Å². The van der Waals surface area contributed by atoms with Crippen molar-refractivity contribution in [3.63, 3.8) is 0 Å². The second kappa shape index (κ2) is 11.8. The van der Waals surface area contributed by atoms with Crippen molar-refractivity contribution in [3.8, 4) is 17.0 Å². The maximum atomic E-state index is 13.7. The number of nitrogens with zero attached hydrogens (tertiary/aromatic N) is 8. The van der Waals surface area contributed by atoms with E-state index in [2.05, 4.69) is 37.5 Å². The number of amides is 1. The normalized spacial score (nSPS) is 15.8. The number of carbonyl (C=O) groups excluding carboxylic acids is 1. The number of hydrogen-bond donors (Lipinski definition) is 1. The van der Waals surface area contributed by atoms with Gasteiger partial charge in [0, 0.05) is 50.0 Å². The summed E-state index contributed by atoms with van der Waals surface area (Å²) in [6.07, 6.45) is 11.7. The van der Waals surface area contributed by atoms with Gasteiger partial charge in [-0.3, -0.25) is 14.2 Å². The van der Waals surface area contributed by atoms with Gasteiger partial charge in [-0.15, -0.1) is 0 Å². The van der Waals surface area contributed by atoms with E-state index in [1.54, 1.807) is 24.0 Å². The summed E-state index contributed by atoms with van der Waals surface area (Å²) in [5.74, 6) is -0.897. The molecule has 4 aromatic heterocycles. The zero-order valence-electron chi connectivity index (χ0n) is 23.8. The Morgan fingerprint density at radius 2 is 2.00 bits per heavy atom.